The quantitative estimate of drug-likeness (QED) is 0.323. The Morgan fingerprint density at radius 3 is 2.06 bits per heavy atom. The van der Waals surface area contributed by atoms with Crippen molar-refractivity contribution in [2.45, 2.75) is 65.0 Å². The fraction of sp³-hybridized carbons (Fsp3) is 0.545. The van der Waals surface area contributed by atoms with Crippen molar-refractivity contribution in [1.82, 2.24) is 5.32 Å². The monoisotopic (exact) mass is 467 g/mol. The standard InChI is InChI=1S/C22H29NO10/c1-13-18(31-14(2)24)19(32-15(3)25)20(33-16(4)26)21(30-13)28-11-10-23-22(27)29-12-17-8-6-5-7-9-17/h5-9,13,18-21H,10-12H2,1-4H3,(H,23,27). The summed E-state index contributed by atoms with van der Waals surface area (Å²) in [6, 6.07) is 9.19. The van der Waals surface area contributed by atoms with Gasteiger partial charge in [0.2, 0.25) is 0 Å². The van der Waals surface area contributed by atoms with Gasteiger partial charge in [0.05, 0.1) is 12.7 Å². The number of carbonyl (C=O) groups is 4. The zero-order valence-corrected chi connectivity index (χ0v) is 19.0. The number of ether oxygens (including phenoxy) is 6. The maximum Gasteiger partial charge on any atom is 0.407 e. The predicted octanol–water partition coefficient (Wildman–Crippen LogP) is 1.47. The molecule has 33 heavy (non-hydrogen) atoms. The van der Waals surface area contributed by atoms with Crippen LogP contribution in [0.3, 0.4) is 0 Å². The van der Waals surface area contributed by atoms with Crippen LogP contribution in [0.2, 0.25) is 0 Å². The first-order valence-electron chi connectivity index (χ1n) is 10.4. The van der Waals surface area contributed by atoms with Crippen LogP contribution in [-0.4, -0.2) is 67.9 Å². The van der Waals surface area contributed by atoms with Gasteiger partial charge in [-0.2, -0.15) is 0 Å². The van der Waals surface area contributed by atoms with Gasteiger partial charge >= 0.3 is 24.0 Å². The summed E-state index contributed by atoms with van der Waals surface area (Å²) in [5.41, 5.74) is 0.844. The van der Waals surface area contributed by atoms with E-state index in [0.717, 1.165) is 5.56 Å². The second kappa shape index (κ2) is 12.8. The molecular weight excluding hydrogens is 438 g/mol. The molecular formula is C22H29NO10. The first-order chi connectivity index (χ1) is 15.7. The van der Waals surface area contributed by atoms with Gasteiger partial charge in [-0.3, -0.25) is 14.4 Å². The van der Waals surface area contributed by atoms with Crippen LogP contribution in [0, 0.1) is 0 Å². The molecule has 5 unspecified atom stereocenters. The molecule has 11 heteroatoms. The average Bonchev–Trinajstić information content (AvgIpc) is 2.74. The van der Waals surface area contributed by atoms with Gasteiger partial charge in [0, 0.05) is 27.3 Å². The van der Waals surface area contributed by atoms with Crippen molar-refractivity contribution in [3.05, 3.63) is 35.9 Å². The van der Waals surface area contributed by atoms with Crippen molar-refractivity contribution in [1.29, 1.82) is 0 Å². The molecule has 1 N–H and O–H groups in total. The van der Waals surface area contributed by atoms with Crippen LogP contribution in [0.5, 0.6) is 0 Å². The lowest BCUT2D eigenvalue weighted by Crippen LogP contribution is -2.61. The van der Waals surface area contributed by atoms with E-state index in [9.17, 15) is 19.2 Å². The van der Waals surface area contributed by atoms with Crippen LogP contribution < -0.4 is 5.32 Å². The summed E-state index contributed by atoms with van der Waals surface area (Å²) in [7, 11) is 0. The smallest absolute Gasteiger partial charge is 0.407 e. The molecule has 1 fully saturated rings. The molecule has 0 bridgehead atoms. The summed E-state index contributed by atoms with van der Waals surface area (Å²) < 4.78 is 32.3. The number of amides is 1. The molecule has 0 radical (unpaired) electrons. The van der Waals surface area contributed by atoms with Crippen LogP contribution in [0.4, 0.5) is 4.79 Å². The number of alkyl carbamates (subject to hydrolysis) is 1. The zero-order chi connectivity index (χ0) is 24.4. The van der Waals surface area contributed by atoms with Gasteiger partial charge in [-0.15, -0.1) is 0 Å². The molecule has 1 aromatic carbocycles. The first-order valence-corrected chi connectivity index (χ1v) is 10.4. The number of nitrogens with one attached hydrogen (secondary N) is 1. The van der Waals surface area contributed by atoms with Crippen molar-refractivity contribution in [2.75, 3.05) is 13.2 Å². The number of hydrogen-bond acceptors (Lipinski definition) is 10. The summed E-state index contributed by atoms with van der Waals surface area (Å²) >= 11 is 0. The third kappa shape index (κ3) is 8.70. The Hall–Kier alpha value is -3.18. The lowest BCUT2D eigenvalue weighted by molar-refractivity contribution is -0.300. The zero-order valence-electron chi connectivity index (χ0n) is 19.0. The highest BCUT2D eigenvalue weighted by molar-refractivity contribution is 5.68. The van der Waals surface area contributed by atoms with Crippen molar-refractivity contribution >= 4 is 24.0 Å². The Labute approximate surface area is 191 Å². The molecule has 1 heterocycles. The van der Waals surface area contributed by atoms with E-state index < -0.39 is 54.7 Å². The van der Waals surface area contributed by atoms with E-state index in [0.29, 0.717) is 0 Å². The second-order valence-corrected chi connectivity index (χ2v) is 7.29. The number of benzene rings is 1. The van der Waals surface area contributed by atoms with Gasteiger partial charge in [-0.1, -0.05) is 30.3 Å². The topological polar surface area (TPSA) is 136 Å². The van der Waals surface area contributed by atoms with E-state index >= 15 is 0 Å². The highest BCUT2D eigenvalue weighted by Crippen LogP contribution is 2.29. The van der Waals surface area contributed by atoms with Crippen LogP contribution in [0.15, 0.2) is 30.3 Å². The van der Waals surface area contributed by atoms with Gasteiger partial charge in [-0.25, -0.2) is 4.79 Å². The normalized spacial score (nSPS) is 24.3. The van der Waals surface area contributed by atoms with Crippen molar-refractivity contribution < 1.29 is 47.6 Å². The molecule has 0 aliphatic carbocycles. The number of esters is 3. The maximum absolute atomic E-state index is 11.9. The SMILES string of the molecule is CC(=O)OC1C(C)OC(OCCNC(=O)OCc2ccccc2)C(OC(C)=O)C1OC(C)=O. The Kier molecular flexibility index (Phi) is 10.1. The summed E-state index contributed by atoms with van der Waals surface area (Å²) in [6.45, 7) is 5.31. The number of hydrogen-bond donors (Lipinski definition) is 1. The molecule has 1 aliphatic heterocycles. The van der Waals surface area contributed by atoms with Crippen molar-refractivity contribution in [3.63, 3.8) is 0 Å². The summed E-state index contributed by atoms with van der Waals surface area (Å²) in [5.74, 6) is -1.95. The third-order valence-electron chi connectivity index (χ3n) is 4.50. The van der Waals surface area contributed by atoms with Gasteiger partial charge in [0.25, 0.3) is 0 Å². The lowest BCUT2D eigenvalue weighted by Gasteiger charge is -2.43. The predicted molar refractivity (Wildman–Crippen MR) is 112 cm³/mol. The molecule has 0 aromatic heterocycles. The highest BCUT2D eigenvalue weighted by Gasteiger charge is 2.50. The third-order valence-corrected chi connectivity index (χ3v) is 4.50. The fourth-order valence-electron chi connectivity index (χ4n) is 3.21. The minimum absolute atomic E-state index is 0.0272. The van der Waals surface area contributed by atoms with Gasteiger partial charge in [0.15, 0.2) is 24.6 Å². The van der Waals surface area contributed by atoms with Crippen LogP contribution in [-0.2, 0) is 49.4 Å². The van der Waals surface area contributed by atoms with E-state index in [-0.39, 0.29) is 19.8 Å². The molecule has 1 amide bonds. The Morgan fingerprint density at radius 1 is 0.879 bits per heavy atom. The first kappa shape index (κ1) is 26.1. The van der Waals surface area contributed by atoms with E-state index in [1.807, 2.05) is 30.3 Å². The molecule has 2 rings (SSSR count). The van der Waals surface area contributed by atoms with E-state index in [4.69, 9.17) is 28.4 Å². The second-order valence-electron chi connectivity index (χ2n) is 7.29. The molecule has 182 valence electrons. The van der Waals surface area contributed by atoms with Crippen LogP contribution in [0.25, 0.3) is 0 Å². The Balaban J connectivity index is 1.94. The fourth-order valence-corrected chi connectivity index (χ4v) is 3.21. The maximum atomic E-state index is 11.9. The average molecular weight is 467 g/mol. The summed E-state index contributed by atoms with van der Waals surface area (Å²) in [6.07, 6.45) is -5.86. The molecule has 1 aromatic rings. The van der Waals surface area contributed by atoms with Gasteiger partial charge < -0.3 is 33.7 Å². The number of rotatable bonds is 9. The highest BCUT2D eigenvalue weighted by atomic mass is 16.7. The molecule has 5 atom stereocenters. The van der Waals surface area contributed by atoms with Crippen molar-refractivity contribution in [3.8, 4) is 0 Å². The molecule has 1 saturated heterocycles. The molecule has 0 spiro atoms. The van der Waals surface area contributed by atoms with Crippen molar-refractivity contribution in [2.24, 2.45) is 0 Å². The number of carbonyl (C=O) groups excluding carboxylic acids is 4. The van der Waals surface area contributed by atoms with Crippen LogP contribution >= 0.6 is 0 Å². The minimum Gasteiger partial charge on any atom is -0.456 e. The molecule has 0 saturated carbocycles. The van der Waals surface area contributed by atoms with Gasteiger partial charge in [0.1, 0.15) is 6.61 Å². The van der Waals surface area contributed by atoms with E-state index in [1.165, 1.54) is 20.8 Å². The van der Waals surface area contributed by atoms with E-state index in [2.05, 4.69) is 5.32 Å². The van der Waals surface area contributed by atoms with Gasteiger partial charge in [-0.05, 0) is 12.5 Å². The molecule has 1 aliphatic rings. The van der Waals surface area contributed by atoms with Crippen LogP contribution in [0.1, 0.15) is 33.3 Å². The summed E-state index contributed by atoms with van der Waals surface area (Å²) in [5, 5.41) is 2.53. The minimum atomic E-state index is -1.20. The Bertz CT molecular complexity index is 815. The summed E-state index contributed by atoms with van der Waals surface area (Å²) in [4.78, 5) is 46.7. The largest absolute Gasteiger partial charge is 0.456 e. The lowest BCUT2D eigenvalue weighted by atomic mass is 9.99. The Morgan fingerprint density at radius 2 is 1.45 bits per heavy atom. The van der Waals surface area contributed by atoms with E-state index in [1.54, 1.807) is 6.92 Å². The molecule has 11 nitrogen and oxygen atoms in total.